The molecule has 0 atom stereocenters. The van der Waals surface area contributed by atoms with E-state index in [4.69, 9.17) is 4.74 Å². The third kappa shape index (κ3) is 3.59. The molecule has 0 spiro atoms. The maximum atomic E-state index is 12.9. The van der Waals surface area contributed by atoms with Crippen LogP contribution in [0.3, 0.4) is 0 Å². The van der Waals surface area contributed by atoms with Crippen LogP contribution in [0.15, 0.2) is 59.8 Å². The van der Waals surface area contributed by atoms with E-state index in [0.717, 1.165) is 23.3 Å². The normalized spacial score (nSPS) is 11.6. The van der Waals surface area contributed by atoms with Crippen LogP contribution in [0.5, 0.6) is 5.75 Å². The number of anilines is 1. The first-order valence-corrected chi connectivity index (χ1v) is 10.8. The summed E-state index contributed by atoms with van der Waals surface area (Å²) in [5.74, 6) is 1.51. The number of nitrogens with zero attached hydrogens (tertiary/aromatic N) is 4. The van der Waals surface area contributed by atoms with Gasteiger partial charge in [0.25, 0.3) is 10.0 Å². The lowest BCUT2D eigenvalue weighted by Crippen LogP contribution is -2.14. The Balaban J connectivity index is 1.74. The second-order valence-corrected chi connectivity index (χ2v) is 8.40. The standard InChI is InChI=1S/C21H21N5O3S/c1-4-14-5-11-17(12-6-14)30(27,28)25-19-18-21(23-13-22-19)26(2)20(24-18)15-7-9-16(29-3)10-8-15/h5-13H,4H2,1-3H3,(H,22,23,25). The van der Waals surface area contributed by atoms with Gasteiger partial charge in [-0.25, -0.2) is 23.4 Å². The minimum absolute atomic E-state index is 0.134. The van der Waals surface area contributed by atoms with E-state index in [2.05, 4.69) is 19.7 Å². The first-order chi connectivity index (χ1) is 14.4. The Hall–Kier alpha value is -3.46. The van der Waals surface area contributed by atoms with Crippen molar-refractivity contribution in [3.05, 3.63) is 60.4 Å². The third-order valence-corrected chi connectivity index (χ3v) is 6.23. The molecule has 0 saturated heterocycles. The van der Waals surface area contributed by atoms with Gasteiger partial charge in [-0.1, -0.05) is 19.1 Å². The summed E-state index contributed by atoms with van der Waals surface area (Å²) < 4.78 is 35.3. The molecule has 0 unspecified atom stereocenters. The number of aryl methyl sites for hydroxylation is 2. The van der Waals surface area contributed by atoms with Crippen LogP contribution in [0.4, 0.5) is 5.82 Å². The van der Waals surface area contributed by atoms with Crippen LogP contribution >= 0.6 is 0 Å². The van der Waals surface area contributed by atoms with Crippen LogP contribution in [-0.4, -0.2) is 35.0 Å². The molecule has 9 heteroatoms. The quantitative estimate of drug-likeness (QED) is 0.510. The average Bonchev–Trinajstić information content (AvgIpc) is 3.11. The van der Waals surface area contributed by atoms with Crippen LogP contribution in [0.1, 0.15) is 12.5 Å². The van der Waals surface area contributed by atoms with Gasteiger partial charge in [0.05, 0.1) is 12.0 Å². The Morgan fingerprint density at radius 1 is 1.03 bits per heavy atom. The fourth-order valence-corrected chi connectivity index (χ4v) is 4.18. The number of sulfonamides is 1. The number of fused-ring (bicyclic) bond motifs is 1. The second-order valence-electron chi connectivity index (χ2n) is 6.72. The maximum absolute atomic E-state index is 12.9. The topological polar surface area (TPSA) is 99.0 Å². The van der Waals surface area contributed by atoms with Crippen molar-refractivity contribution in [2.24, 2.45) is 7.05 Å². The van der Waals surface area contributed by atoms with Crippen LogP contribution in [0.2, 0.25) is 0 Å². The molecule has 0 aliphatic rings. The molecule has 8 nitrogen and oxygen atoms in total. The molecule has 0 amide bonds. The highest BCUT2D eigenvalue weighted by molar-refractivity contribution is 7.92. The summed E-state index contributed by atoms with van der Waals surface area (Å²) in [6.45, 7) is 2.01. The first-order valence-electron chi connectivity index (χ1n) is 9.36. The summed E-state index contributed by atoms with van der Waals surface area (Å²) in [6, 6.07) is 14.2. The van der Waals surface area contributed by atoms with E-state index in [1.165, 1.54) is 6.33 Å². The van der Waals surface area contributed by atoms with Crippen molar-refractivity contribution < 1.29 is 13.2 Å². The van der Waals surface area contributed by atoms with Gasteiger partial charge >= 0.3 is 0 Å². The van der Waals surface area contributed by atoms with Gasteiger partial charge < -0.3 is 9.30 Å². The monoisotopic (exact) mass is 423 g/mol. The van der Waals surface area contributed by atoms with Gasteiger partial charge in [0.2, 0.25) is 0 Å². The van der Waals surface area contributed by atoms with E-state index >= 15 is 0 Å². The highest BCUT2D eigenvalue weighted by atomic mass is 32.2. The Morgan fingerprint density at radius 3 is 2.37 bits per heavy atom. The molecule has 0 fully saturated rings. The molecule has 2 heterocycles. The van der Waals surface area contributed by atoms with Gasteiger partial charge in [0.1, 0.15) is 17.9 Å². The van der Waals surface area contributed by atoms with Crippen LogP contribution in [-0.2, 0) is 23.5 Å². The van der Waals surface area contributed by atoms with Gasteiger partial charge in [-0.2, -0.15) is 0 Å². The van der Waals surface area contributed by atoms with Crippen LogP contribution in [0, 0.1) is 0 Å². The SMILES string of the molecule is CCc1ccc(S(=O)(=O)Nc2ncnc3c2nc(-c2ccc(OC)cc2)n3C)cc1. The van der Waals surface area contributed by atoms with Crippen molar-refractivity contribution in [1.29, 1.82) is 0 Å². The highest BCUT2D eigenvalue weighted by Gasteiger charge is 2.20. The molecular weight excluding hydrogens is 402 g/mol. The lowest BCUT2D eigenvalue weighted by atomic mass is 10.2. The number of hydrogen-bond donors (Lipinski definition) is 1. The van der Waals surface area contributed by atoms with Gasteiger partial charge in [-0.3, -0.25) is 4.72 Å². The average molecular weight is 423 g/mol. The first kappa shape index (κ1) is 19.8. The molecule has 0 radical (unpaired) electrons. The second kappa shape index (κ2) is 7.75. The number of benzene rings is 2. The Morgan fingerprint density at radius 2 is 1.73 bits per heavy atom. The Labute approximate surface area is 174 Å². The molecule has 2 aromatic carbocycles. The van der Waals surface area contributed by atoms with E-state index in [9.17, 15) is 8.42 Å². The molecule has 4 rings (SSSR count). The summed E-state index contributed by atoms with van der Waals surface area (Å²) in [7, 11) is -0.385. The van der Waals surface area contributed by atoms with Crippen molar-refractivity contribution in [3.8, 4) is 17.1 Å². The minimum atomic E-state index is -3.81. The Kier molecular flexibility index (Phi) is 5.13. The van der Waals surface area contributed by atoms with Crippen molar-refractivity contribution in [2.45, 2.75) is 18.2 Å². The lowest BCUT2D eigenvalue weighted by Gasteiger charge is -2.08. The maximum Gasteiger partial charge on any atom is 0.263 e. The van der Waals surface area contributed by atoms with Crippen molar-refractivity contribution in [3.63, 3.8) is 0 Å². The number of nitrogens with one attached hydrogen (secondary N) is 1. The van der Waals surface area contributed by atoms with E-state index in [1.54, 1.807) is 35.9 Å². The van der Waals surface area contributed by atoms with Crippen molar-refractivity contribution in [1.82, 2.24) is 19.5 Å². The number of aromatic nitrogens is 4. The lowest BCUT2D eigenvalue weighted by molar-refractivity contribution is 0.415. The van der Waals surface area contributed by atoms with Gasteiger partial charge in [0.15, 0.2) is 17.0 Å². The summed E-state index contributed by atoms with van der Waals surface area (Å²) in [6.07, 6.45) is 2.15. The third-order valence-electron chi connectivity index (χ3n) is 4.88. The van der Waals surface area contributed by atoms with Gasteiger partial charge in [0, 0.05) is 12.6 Å². The number of ether oxygens (including phenoxy) is 1. The minimum Gasteiger partial charge on any atom is -0.497 e. The summed E-state index contributed by atoms with van der Waals surface area (Å²) in [5, 5.41) is 0. The molecule has 2 aromatic heterocycles. The summed E-state index contributed by atoms with van der Waals surface area (Å²) in [5.41, 5.74) is 2.81. The zero-order valence-electron chi connectivity index (χ0n) is 16.8. The molecule has 4 aromatic rings. The molecular formula is C21H21N5O3S. The fraction of sp³-hybridized carbons (Fsp3) is 0.190. The molecule has 1 N–H and O–H groups in total. The van der Waals surface area contributed by atoms with E-state index < -0.39 is 10.0 Å². The smallest absolute Gasteiger partial charge is 0.263 e. The highest BCUT2D eigenvalue weighted by Crippen LogP contribution is 2.28. The van der Waals surface area contributed by atoms with Gasteiger partial charge in [-0.15, -0.1) is 0 Å². The van der Waals surface area contributed by atoms with E-state index in [1.807, 2.05) is 38.2 Å². The molecule has 0 aliphatic carbocycles. The van der Waals surface area contributed by atoms with Crippen molar-refractivity contribution in [2.75, 3.05) is 11.8 Å². The molecule has 0 aliphatic heterocycles. The Bertz CT molecular complexity index is 1300. The number of imidazole rings is 1. The summed E-state index contributed by atoms with van der Waals surface area (Å²) >= 11 is 0. The fourth-order valence-electron chi connectivity index (χ4n) is 3.16. The number of rotatable bonds is 6. The zero-order valence-corrected chi connectivity index (χ0v) is 17.6. The van der Waals surface area contributed by atoms with Crippen LogP contribution in [0.25, 0.3) is 22.6 Å². The predicted octanol–water partition coefficient (Wildman–Crippen LogP) is 3.40. The molecule has 0 bridgehead atoms. The van der Waals surface area contributed by atoms with Crippen LogP contribution < -0.4 is 9.46 Å². The van der Waals surface area contributed by atoms with E-state index in [-0.39, 0.29) is 10.7 Å². The van der Waals surface area contributed by atoms with E-state index in [0.29, 0.717) is 17.0 Å². The number of methoxy groups -OCH3 is 1. The molecule has 154 valence electrons. The van der Waals surface area contributed by atoms with Gasteiger partial charge in [-0.05, 0) is 48.4 Å². The largest absolute Gasteiger partial charge is 0.497 e. The predicted molar refractivity (Wildman–Crippen MR) is 115 cm³/mol. The zero-order chi connectivity index (χ0) is 21.3. The molecule has 30 heavy (non-hydrogen) atoms. The van der Waals surface area contributed by atoms with Crippen molar-refractivity contribution >= 4 is 27.0 Å². The summed E-state index contributed by atoms with van der Waals surface area (Å²) in [4.78, 5) is 13.2. The molecule has 0 saturated carbocycles. The number of hydrogen-bond acceptors (Lipinski definition) is 6.